The van der Waals surface area contributed by atoms with E-state index in [1.165, 1.54) is 4.90 Å². The van der Waals surface area contributed by atoms with Crippen LogP contribution < -0.4 is 0 Å². The molecule has 18 heavy (non-hydrogen) atoms. The van der Waals surface area contributed by atoms with Crippen LogP contribution in [0.5, 0.6) is 0 Å². The molecule has 1 atom stereocenters. The molecule has 1 aromatic rings. The minimum Gasteiger partial charge on any atom is -0.336 e. The van der Waals surface area contributed by atoms with Crippen molar-refractivity contribution in [2.24, 2.45) is 0 Å². The van der Waals surface area contributed by atoms with Gasteiger partial charge in [-0.2, -0.15) is 0 Å². The Hall–Kier alpha value is -0.970. The summed E-state index contributed by atoms with van der Waals surface area (Å²) in [6, 6.07) is 7.67. The van der Waals surface area contributed by atoms with Crippen LogP contribution in [-0.2, 0) is 11.2 Å². The summed E-state index contributed by atoms with van der Waals surface area (Å²) in [5.74, 6) is -0.424. The van der Waals surface area contributed by atoms with Gasteiger partial charge < -0.3 is 4.90 Å². The zero-order valence-corrected chi connectivity index (χ0v) is 11.4. The second kappa shape index (κ2) is 5.78. The summed E-state index contributed by atoms with van der Waals surface area (Å²) < 4.78 is 24.9. The van der Waals surface area contributed by atoms with Crippen LogP contribution in [0, 0.1) is 0 Å². The van der Waals surface area contributed by atoms with Crippen LogP contribution in [0.3, 0.4) is 0 Å². The number of hydrogen-bond acceptors (Lipinski definition) is 1. The molecule has 2 nitrogen and oxygen atoms in total. The van der Waals surface area contributed by atoms with E-state index < -0.39 is 13.0 Å². The third-order valence-electron chi connectivity index (χ3n) is 3.18. The number of halogens is 3. The highest BCUT2D eigenvalue weighted by atomic mass is 79.9. The van der Waals surface area contributed by atoms with Crippen molar-refractivity contribution in [3.63, 3.8) is 0 Å². The largest absolute Gasteiger partial charge is 0.336 e. The molecule has 0 saturated carbocycles. The normalized spacial score (nSPS) is 17.2. The molecule has 1 aliphatic carbocycles. The van der Waals surface area contributed by atoms with Gasteiger partial charge in [-0.05, 0) is 17.5 Å². The predicted octanol–water partition coefficient (Wildman–Crippen LogP) is 2.81. The SMILES string of the molecule is O=C(C1Cc2ccccc21)N(CCBr)CC(F)F. The van der Waals surface area contributed by atoms with E-state index in [0.717, 1.165) is 11.1 Å². The van der Waals surface area contributed by atoms with Gasteiger partial charge in [0.15, 0.2) is 0 Å². The number of rotatable bonds is 5. The predicted molar refractivity (Wildman–Crippen MR) is 69.3 cm³/mol. The van der Waals surface area contributed by atoms with Crippen molar-refractivity contribution in [1.82, 2.24) is 4.90 Å². The number of hydrogen-bond donors (Lipinski definition) is 0. The average molecular weight is 318 g/mol. The zero-order valence-electron chi connectivity index (χ0n) is 9.78. The molecule has 1 amide bonds. The van der Waals surface area contributed by atoms with Crippen molar-refractivity contribution < 1.29 is 13.6 Å². The van der Waals surface area contributed by atoms with Gasteiger partial charge in [-0.1, -0.05) is 40.2 Å². The van der Waals surface area contributed by atoms with Gasteiger partial charge in [0.1, 0.15) is 0 Å². The number of benzene rings is 1. The highest BCUT2D eigenvalue weighted by molar-refractivity contribution is 9.09. The number of nitrogens with zero attached hydrogens (tertiary/aromatic N) is 1. The van der Waals surface area contributed by atoms with Crippen LogP contribution in [0.15, 0.2) is 24.3 Å². The van der Waals surface area contributed by atoms with Gasteiger partial charge in [-0.3, -0.25) is 4.79 Å². The molecule has 0 aromatic heterocycles. The van der Waals surface area contributed by atoms with Crippen molar-refractivity contribution >= 4 is 21.8 Å². The van der Waals surface area contributed by atoms with Gasteiger partial charge >= 0.3 is 0 Å². The topological polar surface area (TPSA) is 20.3 Å². The Kier molecular flexibility index (Phi) is 4.32. The Morgan fingerprint density at radius 2 is 2.17 bits per heavy atom. The molecule has 2 rings (SSSR count). The first-order chi connectivity index (χ1) is 8.63. The molecule has 0 heterocycles. The lowest BCUT2D eigenvalue weighted by Crippen LogP contribution is -2.42. The maximum absolute atomic E-state index is 12.4. The fourth-order valence-corrected chi connectivity index (χ4v) is 2.69. The third kappa shape index (κ3) is 2.71. The average Bonchev–Trinajstić information content (AvgIpc) is 2.29. The van der Waals surface area contributed by atoms with Crippen LogP contribution >= 0.6 is 15.9 Å². The summed E-state index contributed by atoms with van der Waals surface area (Å²) in [5.41, 5.74) is 2.13. The molecule has 98 valence electrons. The highest BCUT2D eigenvalue weighted by Gasteiger charge is 2.35. The molecule has 0 fully saturated rings. The second-order valence-electron chi connectivity index (χ2n) is 4.32. The number of carbonyl (C=O) groups is 1. The van der Waals surface area contributed by atoms with Crippen molar-refractivity contribution in [1.29, 1.82) is 0 Å². The number of fused-ring (bicyclic) bond motifs is 1. The van der Waals surface area contributed by atoms with E-state index >= 15 is 0 Å². The van der Waals surface area contributed by atoms with E-state index in [0.29, 0.717) is 18.3 Å². The van der Waals surface area contributed by atoms with Crippen molar-refractivity contribution in [3.8, 4) is 0 Å². The Bertz CT molecular complexity index is 439. The van der Waals surface area contributed by atoms with Gasteiger partial charge in [0.25, 0.3) is 6.43 Å². The van der Waals surface area contributed by atoms with Crippen LogP contribution in [0.4, 0.5) is 8.78 Å². The van der Waals surface area contributed by atoms with Gasteiger partial charge in [-0.15, -0.1) is 0 Å². The van der Waals surface area contributed by atoms with E-state index in [4.69, 9.17) is 0 Å². The number of amides is 1. The molecule has 0 radical (unpaired) electrons. The molecule has 1 aromatic carbocycles. The van der Waals surface area contributed by atoms with Crippen LogP contribution in [-0.4, -0.2) is 35.7 Å². The first-order valence-corrected chi connectivity index (χ1v) is 6.96. The minimum absolute atomic E-state index is 0.187. The maximum atomic E-state index is 12.4. The van der Waals surface area contributed by atoms with Crippen LogP contribution in [0.2, 0.25) is 0 Å². The maximum Gasteiger partial charge on any atom is 0.255 e. The van der Waals surface area contributed by atoms with E-state index in [2.05, 4.69) is 15.9 Å². The summed E-state index contributed by atoms with van der Waals surface area (Å²) in [6.45, 7) is -0.162. The smallest absolute Gasteiger partial charge is 0.255 e. The molecule has 0 N–H and O–H groups in total. The van der Waals surface area contributed by atoms with Gasteiger partial charge in [0, 0.05) is 11.9 Å². The standard InChI is InChI=1S/C13H14BrF2NO/c14-5-6-17(8-12(15)16)13(18)11-7-9-3-1-2-4-10(9)11/h1-4,11-12H,5-8H2. The Morgan fingerprint density at radius 3 is 2.78 bits per heavy atom. The molecule has 1 unspecified atom stereocenters. The van der Waals surface area contributed by atoms with Gasteiger partial charge in [0.05, 0.1) is 12.5 Å². The van der Waals surface area contributed by atoms with E-state index in [1.807, 2.05) is 24.3 Å². The summed E-state index contributed by atoms with van der Waals surface area (Å²) >= 11 is 3.19. The van der Waals surface area contributed by atoms with Gasteiger partial charge in [-0.25, -0.2) is 8.78 Å². The fourth-order valence-electron chi connectivity index (χ4n) is 2.26. The summed E-state index contributed by atoms with van der Waals surface area (Å²) in [7, 11) is 0. The zero-order chi connectivity index (χ0) is 13.1. The first kappa shape index (κ1) is 13.5. The van der Waals surface area contributed by atoms with E-state index in [-0.39, 0.29) is 11.8 Å². The lowest BCUT2D eigenvalue weighted by Gasteiger charge is -2.33. The van der Waals surface area contributed by atoms with Crippen molar-refractivity contribution in [2.75, 3.05) is 18.4 Å². The second-order valence-corrected chi connectivity index (χ2v) is 5.11. The molecule has 1 aliphatic rings. The first-order valence-electron chi connectivity index (χ1n) is 5.84. The third-order valence-corrected chi connectivity index (χ3v) is 3.53. The van der Waals surface area contributed by atoms with Crippen molar-refractivity contribution in [2.45, 2.75) is 18.8 Å². The monoisotopic (exact) mass is 317 g/mol. The molecule has 0 aliphatic heterocycles. The molecule has 0 spiro atoms. The van der Waals surface area contributed by atoms with Gasteiger partial charge in [0.2, 0.25) is 5.91 Å². The Labute approximate surface area is 113 Å². The van der Waals surface area contributed by atoms with E-state index in [9.17, 15) is 13.6 Å². The van der Waals surface area contributed by atoms with Crippen molar-refractivity contribution in [3.05, 3.63) is 35.4 Å². The lowest BCUT2D eigenvalue weighted by molar-refractivity contribution is -0.135. The van der Waals surface area contributed by atoms with E-state index in [1.54, 1.807) is 0 Å². The summed E-state index contributed by atoms with van der Waals surface area (Å²) in [4.78, 5) is 13.4. The number of alkyl halides is 3. The molecule has 0 bridgehead atoms. The quantitative estimate of drug-likeness (QED) is 0.765. The highest BCUT2D eigenvalue weighted by Crippen LogP contribution is 2.36. The molecular formula is C13H14BrF2NO. The number of carbonyl (C=O) groups excluding carboxylic acids is 1. The summed E-state index contributed by atoms with van der Waals surface area (Å²) in [5, 5.41) is 0.514. The minimum atomic E-state index is -2.48. The fraction of sp³-hybridized carbons (Fsp3) is 0.462. The molecule has 0 saturated heterocycles. The molecule has 5 heteroatoms. The molecular weight excluding hydrogens is 304 g/mol. The Morgan fingerprint density at radius 1 is 1.44 bits per heavy atom. The van der Waals surface area contributed by atoms with Crippen LogP contribution in [0.25, 0.3) is 0 Å². The lowest BCUT2D eigenvalue weighted by atomic mass is 9.77. The summed E-state index contributed by atoms with van der Waals surface area (Å²) in [6.07, 6.45) is -1.82. The Balaban J connectivity index is 2.07. The van der Waals surface area contributed by atoms with Crippen LogP contribution in [0.1, 0.15) is 17.0 Å².